The van der Waals surface area contributed by atoms with Crippen LogP contribution in [0.5, 0.6) is 0 Å². The van der Waals surface area contributed by atoms with Gasteiger partial charge < -0.3 is 4.98 Å². The summed E-state index contributed by atoms with van der Waals surface area (Å²) < 4.78 is 37.7. The van der Waals surface area contributed by atoms with Crippen molar-refractivity contribution in [2.45, 2.75) is 13.3 Å². The number of rotatable bonds is 6. The number of hydrogen-bond donors (Lipinski definition) is 2. The predicted molar refractivity (Wildman–Crippen MR) is 144 cm³/mol. The standard InChI is InChI=1S/C27H22FN7O2S/c1-15-3-5-29-11-20(15)22-10-19-23(14-31-22)34-35-26(19)27-32-24-13-30-12-21(25(24)33-27)17-7-16(8-18(28)9-17)4-6-38(2,36)37/h3,5,7-14H,4,6H2,1-2H3,(H,32,33)(H,34,35). The molecule has 190 valence electrons. The average Bonchev–Trinajstić information content (AvgIpc) is 3.50. The minimum Gasteiger partial charge on any atom is -0.335 e. The number of sulfone groups is 1. The van der Waals surface area contributed by atoms with Crippen molar-refractivity contribution in [1.82, 2.24) is 35.1 Å². The first kappa shape index (κ1) is 23.9. The second-order valence-corrected chi connectivity index (χ2v) is 11.5. The first-order valence-corrected chi connectivity index (χ1v) is 13.9. The van der Waals surface area contributed by atoms with Crippen molar-refractivity contribution in [3.8, 4) is 33.9 Å². The van der Waals surface area contributed by atoms with Crippen LogP contribution in [0.2, 0.25) is 0 Å². The quantitative estimate of drug-likeness (QED) is 0.322. The summed E-state index contributed by atoms with van der Waals surface area (Å²) in [4.78, 5) is 21.2. The molecule has 0 aliphatic heterocycles. The molecule has 0 unspecified atom stereocenters. The Balaban J connectivity index is 1.44. The highest BCUT2D eigenvalue weighted by Gasteiger charge is 2.18. The summed E-state index contributed by atoms with van der Waals surface area (Å²) in [5.74, 6) is 0.00376. The van der Waals surface area contributed by atoms with Gasteiger partial charge in [0.25, 0.3) is 0 Å². The Labute approximate surface area is 217 Å². The van der Waals surface area contributed by atoms with Gasteiger partial charge in [-0.15, -0.1) is 0 Å². The van der Waals surface area contributed by atoms with E-state index in [9.17, 15) is 12.8 Å². The molecule has 0 atom stereocenters. The van der Waals surface area contributed by atoms with Gasteiger partial charge in [-0.3, -0.25) is 20.1 Å². The molecule has 0 aliphatic rings. The normalized spacial score (nSPS) is 12.0. The molecule has 0 radical (unpaired) electrons. The number of aromatic nitrogens is 7. The Morgan fingerprint density at radius 2 is 1.82 bits per heavy atom. The van der Waals surface area contributed by atoms with E-state index in [0.29, 0.717) is 39.2 Å². The summed E-state index contributed by atoms with van der Waals surface area (Å²) in [6.07, 6.45) is 9.91. The van der Waals surface area contributed by atoms with Crippen molar-refractivity contribution in [2.75, 3.05) is 12.0 Å². The van der Waals surface area contributed by atoms with Gasteiger partial charge in [0, 0.05) is 41.4 Å². The molecule has 1 aromatic carbocycles. The van der Waals surface area contributed by atoms with E-state index < -0.39 is 15.7 Å². The van der Waals surface area contributed by atoms with E-state index in [2.05, 4.69) is 30.1 Å². The Morgan fingerprint density at radius 1 is 0.974 bits per heavy atom. The Kier molecular flexibility index (Phi) is 5.72. The van der Waals surface area contributed by atoms with Crippen LogP contribution in [-0.4, -0.2) is 55.5 Å². The summed E-state index contributed by atoms with van der Waals surface area (Å²) in [6, 6.07) is 8.41. The SMILES string of the molecule is Cc1ccncc1-c1cc2c(-c3nc4c(-c5cc(F)cc(CCS(C)(=O)=O)c5)cncc4[nH]3)n[nH]c2cn1. The van der Waals surface area contributed by atoms with Crippen LogP contribution >= 0.6 is 0 Å². The molecule has 9 nitrogen and oxygen atoms in total. The zero-order chi connectivity index (χ0) is 26.4. The van der Waals surface area contributed by atoms with Crippen molar-refractivity contribution in [1.29, 1.82) is 0 Å². The van der Waals surface area contributed by atoms with Crippen LogP contribution in [0, 0.1) is 12.7 Å². The van der Waals surface area contributed by atoms with Gasteiger partial charge in [-0.25, -0.2) is 17.8 Å². The molecule has 2 N–H and O–H groups in total. The smallest absolute Gasteiger partial charge is 0.159 e. The lowest BCUT2D eigenvalue weighted by Gasteiger charge is -2.07. The van der Waals surface area contributed by atoms with Gasteiger partial charge in [0.05, 0.1) is 40.4 Å². The average molecular weight is 528 g/mol. The lowest BCUT2D eigenvalue weighted by molar-refractivity contribution is 0.600. The van der Waals surface area contributed by atoms with Crippen LogP contribution in [0.4, 0.5) is 4.39 Å². The van der Waals surface area contributed by atoms with E-state index in [-0.39, 0.29) is 12.2 Å². The van der Waals surface area contributed by atoms with Gasteiger partial charge in [-0.1, -0.05) is 6.07 Å². The fourth-order valence-corrected chi connectivity index (χ4v) is 5.09. The molecule has 11 heteroatoms. The van der Waals surface area contributed by atoms with Crippen molar-refractivity contribution < 1.29 is 12.8 Å². The van der Waals surface area contributed by atoms with Gasteiger partial charge in [0.2, 0.25) is 0 Å². The monoisotopic (exact) mass is 527 g/mol. The Bertz CT molecular complexity index is 1950. The summed E-state index contributed by atoms with van der Waals surface area (Å²) in [7, 11) is -3.18. The number of pyridine rings is 3. The number of aryl methyl sites for hydroxylation is 2. The largest absolute Gasteiger partial charge is 0.335 e. The van der Waals surface area contributed by atoms with E-state index in [0.717, 1.165) is 27.7 Å². The highest BCUT2D eigenvalue weighted by atomic mass is 32.2. The number of benzene rings is 1. The highest BCUT2D eigenvalue weighted by Crippen LogP contribution is 2.33. The zero-order valence-corrected chi connectivity index (χ0v) is 21.3. The van der Waals surface area contributed by atoms with Crippen LogP contribution in [-0.2, 0) is 16.3 Å². The van der Waals surface area contributed by atoms with Crippen LogP contribution in [0.25, 0.3) is 55.8 Å². The lowest BCUT2D eigenvalue weighted by atomic mass is 10.0. The van der Waals surface area contributed by atoms with Crippen LogP contribution in [0.3, 0.4) is 0 Å². The molecular weight excluding hydrogens is 505 g/mol. The number of nitrogens with one attached hydrogen (secondary N) is 2. The fraction of sp³-hybridized carbons (Fsp3) is 0.148. The summed E-state index contributed by atoms with van der Waals surface area (Å²) in [6.45, 7) is 2.01. The molecule has 38 heavy (non-hydrogen) atoms. The molecule has 0 amide bonds. The van der Waals surface area contributed by atoms with E-state index in [1.807, 2.05) is 19.1 Å². The highest BCUT2D eigenvalue weighted by molar-refractivity contribution is 7.90. The molecule has 6 aromatic rings. The maximum atomic E-state index is 14.5. The van der Waals surface area contributed by atoms with Gasteiger partial charge in [-0.05, 0) is 54.3 Å². The molecule has 0 bridgehead atoms. The van der Waals surface area contributed by atoms with E-state index in [4.69, 9.17) is 4.98 Å². The fourth-order valence-electron chi connectivity index (χ4n) is 4.49. The minimum atomic E-state index is -3.18. The number of nitrogens with zero attached hydrogens (tertiary/aromatic N) is 5. The van der Waals surface area contributed by atoms with Gasteiger partial charge in [0.1, 0.15) is 21.3 Å². The van der Waals surface area contributed by atoms with Crippen LogP contribution < -0.4 is 0 Å². The lowest BCUT2D eigenvalue weighted by Crippen LogP contribution is -2.06. The number of halogens is 1. The van der Waals surface area contributed by atoms with Gasteiger partial charge >= 0.3 is 0 Å². The topological polar surface area (TPSA) is 130 Å². The maximum absolute atomic E-state index is 14.5. The number of fused-ring (bicyclic) bond motifs is 2. The van der Waals surface area contributed by atoms with Crippen LogP contribution in [0.15, 0.2) is 61.3 Å². The first-order valence-electron chi connectivity index (χ1n) is 11.8. The number of hydrogen-bond acceptors (Lipinski definition) is 7. The third kappa shape index (κ3) is 4.52. The molecular formula is C27H22FN7O2S. The molecule has 6 rings (SSSR count). The zero-order valence-electron chi connectivity index (χ0n) is 20.5. The third-order valence-electron chi connectivity index (χ3n) is 6.41. The van der Waals surface area contributed by atoms with E-state index >= 15 is 0 Å². The number of imidazole rings is 1. The second-order valence-electron chi connectivity index (χ2n) is 9.27. The van der Waals surface area contributed by atoms with Gasteiger partial charge in [0.15, 0.2) is 5.82 Å². The van der Waals surface area contributed by atoms with E-state index in [1.54, 1.807) is 37.1 Å². The van der Waals surface area contributed by atoms with E-state index in [1.165, 1.54) is 18.4 Å². The molecule has 0 spiro atoms. The third-order valence-corrected chi connectivity index (χ3v) is 7.36. The minimum absolute atomic E-state index is 0.0630. The first-order chi connectivity index (χ1) is 18.2. The van der Waals surface area contributed by atoms with Crippen LogP contribution in [0.1, 0.15) is 11.1 Å². The summed E-state index contributed by atoms with van der Waals surface area (Å²) in [5.41, 5.74) is 7.15. The second kappa shape index (κ2) is 9.10. The molecule has 5 aromatic heterocycles. The molecule has 0 aliphatic carbocycles. The number of H-pyrrole nitrogens is 2. The predicted octanol–water partition coefficient (Wildman–Crippen LogP) is 4.66. The van der Waals surface area contributed by atoms with Crippen molar-refractivity contribution >= 4 is 31.8 Å². The molecule has 0 saturated carbocycles. The van der Waals surface area contributed by atoms with Crippen molar-refractivity contribution in [3.63, 3.8) is 0 Å². The Morgan fingerprint density at radius 3 is 2.63 bits per heavy atom. The molecule has 5 heterocycles. The Hall–Kier alpha value is -4.51. The number of aromatic amines is 2. The van der Waals surface area contributed by atoms with Gasteiger partial charge in [-0.2, -0.15) is 5.10 Å². The molecule has 0 fully saturated rings. The van der Waals surface area contributed by atoms with Crippen molar-refractivity contribution in [2.24, 2.45) is 0 Å². The van der Waals surface area contributed by atoms with Crippen molar-refractivity contribution in [3.05, 3.63) is 78.3 Å². The molecule has 0 saturated heterocycles. The summed E-state index contributed by atoms with van der Waals surface area (Å²) >= 11 is 0. The summed E-state index contributed by atoms with van der Waals surface area (Å²) in [5, 5.41) is 8.33. The maximum Gasteiger partial charge on any atom is 0.159 e.